The first kappa shape index (κ1) is 21.1. The van der Waals surface area contributed by atoms with Gasteiger partial charge in [0.15, 0.2) is 0 Å². The van der Waals surface area contributed by atoms with E-state index in [-0.39, 0.29) is 15.0 Å². The molecule has 4 rings (SSSR count). The van der Waals surface area contributed by atoms with Gasteiger partial charge in [0, 0.05) is 0 Å². The summed E-state index contributed by atoms with van der Waals surface area (Å²) < 4.78 is 2.87. The third-order valence-corrected chi connectivity index (χ3v) is 7.93. The van der Waals surface area contributed by atoms with Crippen molar-refractivity contribution in [3.63, 3.8) is 0 Å². The van der Waals surface area contributed by atoms with Crippen molar-refractivity contribution >= 4 is 36.0 Å². The number of hydrogen-bond acceptors (Lipinski definition) is 0. The number of benzene rings is 4. The summed E-state index contributed by atoms with van der Waals surface area (Å²) in [5.41, 5.74) is 7.82. The van der Waals surface area contributed by atoms with Gasteiger partial charge in [-0.3, -0.25) is 0 Å². The summed E-state index contributed by atoms with van der Waals surface area (Å²) in [7, 11) is 0. The third kappa shape index (κ3) is 5.52. The topological polar surface area (TPSA) is 0 Å². The average molecular weight is 465 g/mol. The molecule has 0 saturated heterocycles. The first-order valence-corrected chi connectivity index (χ1v) is 12.2. The summed E-state index contributed by atoms with van der Waals surface area (Å²) in [6, 6.07) is 35.0. The van der Waals surface area contributed by atoms with Gasteiger partial charge >= 0.3 is 192 Å². The molecule has 0 aliphatic rings. The van der Waals surface area contributed by atoms with Crippen molar-refractivity contribution in [2.24, 2.45) is 0 Å². The van der Waals surface area contributed by atoms with Crippen molar-refractivity contribution in [3.8, 4) is 0 Å². The summed E-state index contributed by atoms with van der Waals surface area (Å²) in [4.78, 5) is 0. The van der Waals surface area contributed by atoms with Crippen LogP contribution in [0.25, 0.3) is 12.2 Å². The van der Waals surface area contributed by atoms with E-state index in [1.165, 1.54) is 42.3 Å². The number of hydrogen-bond donors (Lipinski definition) is 0. The molecule has 0 fully saturated rings. The molecule has 31 heavy (non-hydrogen) atoms. The molecule has 0 aliphatic heterocycles. The molecule has 0 saturated carbocycles. The molecule has 0 bridgehead atoms. The van der Waals surface area contributed by atoms with E-state index >= 15 is 0 Å². The molecule has 0 amide bonds. The van der Waals surface area contributed by atoms with Gasteiger partial charge in [0.05, 0.1) is 0 Å². The standard InChI is InChI=1S/C30H26Se/c1-3-23-15-17-29(27(19-23)21-25-11-7-5-8-12-25)31-30-18-16-24(4-2)20-28(30)22-26-13-9-6-10-14-26/h3-20H,1-2,21-22H2. The van der Waals surface area contributed by atoms with Crippen LogP contribution in [0.5, 0.6) is 0 Å². The average Bonchev–Trinajstić information content (AvgIpc) is 2.82. The fourth-order valence-electron chi connectivity index (χ4n) is 3.68. The van der Waals surface area contributed by atoms with Crippen LogP contribution in [0.1, 0.15) is 33.4 Å². The van der Waals surface area contributed by atoms with Gasteiger partial charge in [-0.2, -0.15) is 0 Å². The summed E-state index contributed by atoms with van der Waals surface area (Å²) in [6.07, 6.45) is 5.76. The zero-order valence-corrected chi connectivity index (χ0v) is 19.3. The minimum atomic E-state index is 0.216. The summed E-state index contributed by atoms with van der Waals surface area (Å²) in [5, 5.41) is 0. The quantitative estimate of drug-likeness (QED) is 0.288. The minimum absolute atomic E-state index is 0.216. The van der Waals surface area contributed by atoms with Crippen LogP contribution in [0.15, 0.2) is 110 Å². The van der Waals surface area contributed by atoms with Crippen molar-refractivity contribution in [3.05, 3.63) is 144 Å². The Morgan fingerprint density at radius 3 is 1.35 bits per heavy atom. The van der Waals surface area contributed by atoms with Gasteiger partial charge in [-0.25, -0.2) is 0 Å². The van der Waals surface area contributed by atoms with Crippen molar-refractivity contribution in [2.75, 3.05) is 0 Å². The van der Waals surface area contributed by atoms with E-state index in [9.17, 15) is 0 Å². The van der Waals surface area contributed by atoms with E-state index in [1.54, 1.807) is 0 Å². The van der Waals surface area contributed by atoms with Gasteiger partial charge in [0.25, 0.3) is 0 Å². The Hall–Kier alpha value is -3.12. The van der Waals surface area contributed by atoms with Crippen molar-refractivity contribution in [1.82, 2.24) is 0 Å². The van der Waals surface area contributed by atoms with E-state index in [1.807, 2.05) is 12.2 Å². The number of rotatable bonds is 8. The van der Waals surface area contributed by atoms with Crippen LogP contribution in [0, 0.1) is 0 Å². The molecule has 0 aliphatic carbocycles. The molecule has 0 heterocycles. The summed E-state index contributed by atoms with van der Waals surface area (Å²) >= 11 is 0.216. The van der Waals surface area contributed by atoms with E-state index in [0.29, 0.717) is 0 Å². The predicted octanol–water partition coefficient (Wildman–Crippen LogP) is 5.81. The molecule has 0 N–H and O–H groups in total. The van der Waals surface area contributed by atoms with E-state index in [0.717, 1.165) is 12.8 Å². The van der Waals surface area contributed by atoms with Gasteiger partial charge < -0.3 is 0 Å². The fourth-order valence-corrected chi connectivity index (χ4v) is 5.85. The molecule has 0 unspecified atom stereocenters. The van der Waals surface area contributed by atoms with E-state index < -0.39 is 0 Å². The fraction of sp³-hybridized carbons (Fsp3) is 0.0667. The molecular weight excluding hydrogens is 439 g/mol. The molecule has 0 aromatic heterocycles. The van der Waals surface area contributed by atoms with Crippen LogP contribution in [-0.4, -0.2) is 15.0 Å². The Kier molecular flexibility index (Phi) is 6.99. The van der Waals surface area contributed by atoms with Gasteiger partial charge in [-0.1, -0.05) is 0 Å². The molecule has 0 spiro atoms. The van der Waals surface area contributed by atoms with Crippen molar-refractivity contribution in [2.45, 2.75) is 12.8 Å². The Morgan fingerprint density at radius 2 is 0.968 bits per heavy atom. The molecule has 152 valence electrons. The first-order chi connectivity index (χ1) is 15.2. The Bertz CT molecular complexity index is 1080. The summed E-state index contributed by atoms with van der Waals surface area (Å²) in [5.74, 6) is 0. The Labute approximate surface area is 192 Å². The van der Waals surface area contributed by atoms with Gasteiger partial charge in [0.1, 0.15) is 0 Å². The summed E-state index contributed by atoms with van der Waals surface area (Å²) in [6.45, 7) is 7.94. The Morgan fingerprint density at radius 1 is 0.548 bits per heavy atom. The Balaban J connectivity index is 1.70. The zero-order chi connectivity index (χ0) is 21.5. The van der Waals surface area contributed by atoms with Gasteiger partial charge in [0.2, 0.25) is 0 Å². The van der Waals surface area contributed by atoms with Crippen molar-refractivity contribution < 1.29 is 0 Å². The van der Waals surface area contributed by atoms with E-state index in [4.69, 9.17) is 0 Å². The van der Waals surface area contributed by atoms with Crippen molar-refractivity contribution in [1.29, 1.82) is 0 Å². The normalized spacial score (nSPS) is 10.6. The molecule has 0 radical (unpaired) electrons. The third-order valence-electron chi connectivity index (χ3n) is 5.34. The second-order valence-electron chi connectivity index (χ2n) is 7.57. The van der Waals surface area contributed by atoms with Crippen LogP contribution in [0.2, 0.25) is 0 Å². The second-order valence-corrected chi connectivity index (χ2v) is 9.84. The second kappa shape index (κ2) is 10.3. The SMILES string of the molecule is C=Cc1ccc([Se]c2ccc(C=C)cc2Cc2ccccc2)c(Cc2ccccc2)c1. The van der Waals surface area contributed by atoms with Gasteiger partial charge in [-0.05, 0) is 0 Å². The molecule has 0 atom stereocenters. The monoisotopic (exact) mass is 466 g/mol. The molecular formula is C30H26Se. The molecule has 1 heteroatoms. The van der Waals surface area contributed by atoms with Crippen LogP contribution < -0.4 is 8.92 Å². The van der Waals surface area contributed by atoms with Crippen LogP contribution in [0.4, 0.5) is 0 Å². The molecule has 0 nitrogen and oxygen atoms in total. The maximum absolute atomic E-state index is 3.97. The maximum atomic E-state index is 3.97. The molecule has 4 aromatic carbocycles. The van der Waals surface area contributed by atoms with Crippen LogP contribution in [-0.2, 0) is 12.8 Å². The first-order valence-electron chi connectivity index (χ1n) is 10.5. The zero-order valence-electron chi connectivity index (χ0n) is 17.6. The van der Waals surface area contributed by atoms with Gasteiger partial charge in [-0.15, -0.1) is 0 Å². The van der Waals surface area contributed by atoms with E-state index in [2.05, 4.69) is 110 Å². The van der Waals surface area contributed by atoms with Crippen LogP contribution in [0.3, 0.4) is 0 Å². The predicted molar refractivity (Wildman–Crippen MR) is 137 cm³/mol. The molecule has 4 aromatic rings. The van der Waals surface area contributed by atoms with Crippen LogP contribution >= 0.6 is 0 Å².